The average Bonchev–Trinajstić information content (AvgIpc) is 3.09. The van der Waals surface area contributed by atoms with E-state index in [0.717, 1.165) is 0 Å². The van der Waals surface area contributed by atoms with Gasteiger partial charge in [0.25, 0.3) is 0 Å². The minimum absolute atomic E-state index is 0.115. The van der Waals surface area contributed by atoms with Crippen molar-refractivity contribution in [3.05, 3.63) is 12.0 Å². The Bertz CT molecular complexity index is 842. The Kier molecular flexibility index (Phi) is 3.63. The first-order valence-corrected chi connectivity index (χ1v) is 8.99. The van der Waals surface area contributed by atoms with Crippen molar-refractivity contribution in [2.24, 2.45) is 5.92 Å². The lowest BCUT2D eigenvalue weighted by Crippen LogP contribution is -2.36. The van der Waals surface area contributed by atoms with Crippen LogP contribution in [0.3, 0.4) is 0 Å². The molecule has 1 unspecified atom stereocenters. The van der Waals surface area contributed by atoms with Crippen molar-refractivity contribution in [1.29, 1.82) is 0 Å². The molecular formula is C13H18N5O5P. The van der Waals surface area contributed by atoms with Crippen molar-refractivity contribution in [2.45, 2.75) is 32.3 Å². The molecule has 0 aromatic carbocycles. The van der Waals surface area contributed by atoms with Gasteiger partial charge in [-0.3, -0.25) is 18.1 Å². The molecule has 130 valence electrons. The minimum atomic E-state index is -3.52. The van der Waals surface area contributed by atoms with Crippen LogP contribution in [0.15, 0.2) is 6.33 Å². The second-order valence-corrected chi connectivity index (χ2v) is 7.64. The molecule has 24 heavy (non-hydrogen) atoms. The van der Waals surface area contributed by atoms with Crippen molar-refractivity contribution in [2.75, 3.05) is 19.5 Å². The predicted octanol–water partition coefficient (Wildman–Crippen LogP) is 1.42. The van der Waals surface area contributed by atoms with E-state index < -0.39 is 20.2 Å². The Balaban J connectivity index is 1.70. The van der Waals surface area contributed by atoms with Crippen LogP contribution in [0.2, 0.25) is 0 Å². The third kappa shape index (κ3) is 2.34. The van der Waals surface area contributed by atoms with E-state index in [1.165, 1.54) is 7.11 Å². The van der Waals surface area contributed by atoms with Crippen LogP contribution < -0.4 is 5.73 Å². The van der Waals surface area contributed by atoms with Crippen LogP contribution in [0.1, 0.15) is 18.8 Å². The molecule has 0 bridgehead atoms. The fourth-order valence-corrected chi connectivity index (χ4v) is 4.41. The maximum absolute atomic E-state index is 12.2. The molecule has 0 aliphatic carbocycles. The molecule has 5 atom stereocenters. The maximum Gasteiger partial charge on any atom is 0.474 e. The van der Waals surface area contributed by atoms with Gasteiger partial charge in [-0.25, -0.2) is 14.5 Å². The summed E-state index contributed by atoms with van der Waals surface area (Å²) < 4.78 is 35.6. The van der Waals surface area contributed by atoms with Crippen molar-refractivity contribution in [3.63, 3.8) is 0 Å². The number of phosphoric acid groups is 1. The van der Waals surface area contributed by atoms with E-state index in [4.69, 9.17) is 24.0 Å². The second-order valence-electron chi connectivity index (χ2n) is 5.91. The lowest BCUT2D eigenvalue weighted by Gasteiger charge is -2.30. The third-order valence-corrected chi connectivity index (χ3v) is 5.82. The zero-order chi connectivity index (χ0) is 17.1. The van der Waals surface area contributed by atoms with Gasteiger partial charge < -0.3 is 10.5 Å². The number of aromatic nitrogens is 4. The van der Waals surface area contributed by atoms with E-state index in [9.17, 15) is 4.57 Å². The summed E-state index contributed by atoms with van der Waals surface area (Å²) in [5.74, 6) is 0.0598. The first-order chi connectivity index (χ1) is 11.4. The van der Waals surface area contributed by atoms with Crippen LogP contribution in [0.5, 0.6) is 0 Å². The van der Waals surface area contributed by atoms with Crippen molar-refractivity contribution in [1.82, 2.24) is 19.5 Å². The number of nitrogens with two attached hydrogens (primary N) is 1. The fourth-order valence-electron chi connectivity index (χ4n) is 3.20. The highest BCUT2D eigenvalue weighted by Crippen LogP contribution is 2.57. The molecule has 4 rings (SSSR count). The summed E-state index contributed by atoms with van der Waals surface area (Å²) in [7, 11) is -2.22. The molecule has 0 amide bonds. The summed E-state index contributed by atoms with van der Waals surface area (Å²) in [4.78, 5) is 12.7. The molecular weight excluding hydrogens is 337 g/mol. The predicted molar refractivity (Wildman–Crippen MR) is 83.0 cm³/mol. The number of phosphoric ester groups is 1. The Hall–Kier alpha value is -1.58. The zero-order valence-corrected chi connectivity index (χ0v) is 14.3. The van der Waals surface area contributed by atoms with Crippen LogP contribution in [-0.2, 0) is 22.9 Å². The van der Waals surface area contributed by atoms with Gasteiger partial charge in [-0.1, -0.05) is 6.92 Å². The minimum Gasteiger partial charge on any atom is -0.368 e. The lowest BCUT2D eigenvalue weighted by molar-refractivity contribution is -0.0684. The highest BCUT2D eigenvalue weighted by Gasteiger charge is 2.51. The van der Waals surface area contributed by atoms with Gasteiger partial charge in [-0.2, -0.15) is 4.98 Å². The quantitative estimate of drug-likeness (QED) is 0.796. The van der Waals surface area contributed by atoms with E-state index >= 15 is 0 Å². The van der Waals surface area contributed by atoms with Crippen LogP contribution >= 0.6 is 7.82 Å². The molecule has 2 N–H and O–H groups in total. The third-order valence-electron chi connectivity index (χ3n) is 4.41. The topological polar surface area (TPSA) is 124 Å². The summed E-state index contributed by atoms with van der Waals surface area (Å²) in [5.41, 5.74) is 7.70. The number of aryl methyl sites for hydroxylation is 1. The summed E-state index contributed by atoms with van der Waals surface area (Å²) in [6.45, 7) is 3.91. The maximum atomic E-state index is 12.2. The number of hydrogen-bond acceptors (Lipinski definition) is 9. The van der Waals surface area contributed by atoms with Crippen LogP contribution in [0, 0.1) is 12.8 Å². The molecule has 0 radical (unpaired) electrons. The van der Waals surface area contributed by atoms with Crippen molar-refractivity contribution < 1.29 is 22.9 Å². The van der Waals surface area contributed by atoms with Crippen LogP contribution in [0.4, 0.5) is 5.95 Å². The van der Waals surface area contributed by atoms with Crippen LogP contribution in [0.25, 0.3) is 11.2 Å². The first-order valence-electron chi connectivity index (χ1n) is 7.52. The molecule has 2 aromatic heterocycles. The molecule has 2 aliphatic rings. The fraction of sp³-hybridized carbons (Fsp3) is 0.615. The standard InChI is InChI=1S/C13H18N5O5P/c1-6-10-8(4-21-24(19,20-3)23-10)22-12(6)18-5-15-9-7(2)16-13(14)17-11(9)18/h5-6,8,10,12H,4H2,1-3H3,(H2,14,16,17)/t6?,8-,10+,12-,24-/m1/s1. The van der Waals surface area contributed by atoms with Gasteiger partial charge in [0, 0.05) is 13.0 Å². The van der Waals surface area contributed by atoms with Crippen LogP contribution in [-0.4, -0.2) is 45.4 Å². The number of anilines is 1. The molecule has 4 heterocycles. The van der Waals surface area contributed by atoms with Gasteiger partial charge in [0.1, 0.15) is 24.0 Å². The molecule has 2 aromatic rings. The zero-order valence-electron chi connectivity index (χ0n) is 13.4. The highest BCUT2D eigenvalue weighted by molar-refractivity contribution is 7.48. The van der Waals surface area contributed by atoms with Crippen molar-refractivity contribution >= 4 is 24.9 Å². The summed E-state index contributed by atoms with van der Waals surface area (Å²) in [6, 6.07) is 0. The smallest absolute Gasteiger partial charge is 0.368 e. The van der Waals surface area contributed by atoms with Gasteiger partial charge in [0.05, 0.1) is 18.6 Å². The number of fused-ring (bicyclic) bond motifs is 2. The lowest BCUT2D eigenvalue weighted by atomic mass is 10.0. The van der Waals surface area contributed by atoms with E-state index in [0.29, 0.717) is 16.9 Å². The molecule has 2 fully saturated rings. The Morgan fingerprint density at radius 1 is 1.46 bits per heavy atom. The Morgan fingerprint density at radius 3 is 3.00 bits per heavy atom. The van der Waals surface area contributed by atoms with E-state index in [1.807, 2.05) is 13.8 Å². The van der Waals surface area contributed by atoms with Gasteiger partial charge >= 0.3 is 7.82 Å². The van der Waals surface area contributed by atoms with Gasteiger partial charge in [0.15, 0.2) is 5.65 Å². The number of imidazole rings is 1. The van der Waals surface area contributed by atoms with E-state index in [2.05, 4.69) is 15.0 Å². The number of nitrogens with zero attached hydrogens (tertiary/aromatic N) is 4. The Morgan fingerprint density at radius 2 is 2.25 bits per heavy atom. The van der Waals surface area contributed by atoms with Gasteiger partial charge in [-0.15, -0.1) is 0 Å². The van der Waals surface area contributed by atoms with Crippen molar-refractivity contribution in [3.8, 4) is 0 Å². The monoisotopic (exact) mass is 355 g/mol. The number of nitrogen functional groups attached to an aromatic ring is 1. The summed E-state index contributed by atoms with van der Waals surface area (Å²) in [5, 5.41) is 0. The average molecular weight is 355 g/mol. The molecule has 2 aliphatic heterocycles. The summed E-state index contributed by atoms with van der Waals surface area (Å²) in [6.07, 6.45) is 0.485. The van der Waals surface area contributed by atoms with Gasteiger partial charge in [0.2, 0.25) is 5.95 Å². The SMILES string of the molecule is CO[P@]1(=O)OC[C@H]2O[C@@H](n3cnc4c(C)nc(N)nc43)C(C)[C@@H]2O1. The molecule has 0 saturated carbocycles. The highest BCUT2D eigenvalue weighted by atomic mass is 31.2. The Labute approximate surface area is 137 Å². The number of rotatable bonds is 2. The van der Waals surface area contributed by atoms with E-state index in [-0.39, 0.29) is 24.6 Å². The first kappa shape index (κ1) is 15.9. The molecule has 10 nitrogen and oxygen atoms in total. The van der Waals surface area contributed by atoms with Gasteiger partial charge in [-0.05, 0) is 6.92 Å². The normalized spacial score (nSPS) is 36.1. The second kappa shape index (κ2) is 5.47. The number of ether oxygens (including phenoxy) is 1. The molecule has 2 saturated heterocycles. The van der Waals surface area contributed by atoms with E-state index in [1.54, 1.807) is 10.9 Å². The summed E-state index contributed by atoms with van der Waals surface area (Å²) >= 11 is 0. The largest absolute Gasteiger partial charge is 0.474 e. The molecule has 11 heteroatoms. The molecule has 0 spiro atoms. The number of hydrogen-bond donors (Lipinski definition) is 1.